The first-order valence-corrected chi connectivity index (χ1v) is 10.3. The fraction of sp³-hybridized carbons (Fsp3) is 0.217. The number of fused-ring (bicyclic) bond motifs is 1. The molecule has 4 nitrogen and oxygen atoms in total. The minimum Gasteiger partial charge on any atom is -0.342 e. The van der Waals surface area contributed by atoms with Gasteiger partial charge in [-0.2, -0.15) is 5.26 Å². The summed E-state index contributed by atoms with van der Waals surface area (Å²) in [6.07, 6.45) is 5.64. The summed E-state index contributed by atoms with van der Waals surface area (Å²) < 4.78 is 2.08. The number of hydrogen-bond acceptors (Lipinski definition) is 2. The van der Waals surface area contributed by atoms with Crippen LogP contribution in [-0.2, 0) is 11.3 Å². The minimum atomic E-state index is -0.192. The second-order valence-corrected chi connectivity index (χ2v) is 7.98. The van der Waals surface area contributed by atoms with E-state index in [-0.39, 0.29) is 11.5 Å². The molecule has 6 heteroatoms. The SMILES string of the molecule is N#C/C(=C\c1cn(Cc2ccc(Cl)cc2Cl)c2ccccc12)C(=O)N1CCCC1. The average Bonchev–Trinajstić information content (AvgIpc) is 3.37. The summed E-state index contributed by atoms with van der Waals surface area (Å²) >= 11 is 12.4. The van der Waals surface area contributed by atoms with Crippen LogP contribution in [-0.4, -0.2) is 28.5 Å². The van der Waals surface area contributed by atoms with E-state index >= 15 is 0 Å². The molecular formula is C23H19Cl2N3O. The van der Waals surface area contributed by atoms with E-state index in [9.17, 15) is 10.1 Å². The number of benzene rings is 2. The molecular weight excluding hydrogens is 405 g/mol. The molecule has 0 spiro atoms. The molecule has 0 unspecified atom stereocenters. The van der Waals surface area contributed by atoms with Crippen LogP contribution in [0.1, 0.15) is 24.0 Å². The molecule has 1 fully saturated rings. The van der Waals surface area contributed by atoms with Gasteiger partial charge in [-0.25, -0.2) is 0 Å². The van der Waals surface area contributed by atoms with E-state index in [4.69, 9.17) is 23.2 Å². The quantitative estimate of drug-likeness (QED) is 0.409. The Balaban J connectivity index is 1.74. The third-order valence-electron chi connectivity index (χ3n) is 5.22. The summed E-state index contributed by atoms with van der Waals surface area (Å²) in [4.78, 5) is 14.4. The molecule has 0 N–H and O–H groups in total. The molecule has 1 aromatic heterocycles. The van der Waals surface area contributed by atoms with Gasteiger partial charge in [-0.1, -0.05) is 47.5 Å². The van der Waals surface area contributed by atoms with Crippen molar-refractivity contribution >= 4 is 46.1 Å². The number of carbonyl (C=O) groups is 1. The van der Waals surface area contributed by atoms with Crippen molar-refractivity contribution < 1.29 is 4.79 Å². The molecule has 0 aliphatic carbocycles. The number of hydrogen-bond donors (Lipinski definition) is 0. The smallest absolute Gasteiger partial charge is 0.264 e. The van der Waals surface area contributed by atoms with E-state index in [1.165, 1.54) is 0 Å². The standard InChI is InChI=1S/C23H19Cl2N3O/c24-19-8-7-16(21(25)12-19)14-28-15-18(20-5-1-2-6-22(20)28)11-17(13-26)23(29)27-9-3-4-10-27/h1-2,5-8,11-12,15H,3-4,9-10,14H2/b17-11+. The van der Waals surface area contributed by atoms with Crippen molar-refractivity contribution in [2.24, 2.45) is 0 Å². The molecule has 0 saturated carbocycles. The number of carbonyl (C=O) groups excluding carboxylic acids is 1. The molecule has 0 atom stereocenters. The van der Waals surface area contributed by atoms with E-state index in [2.05, 4.69) is 10.6 Å². The Morgan fingerprint density at radius 2 is 1.90 bits per heavy atom. The molecule has 4 rings (SSSR count). The number of halogens is 2. The van der Waals surface area contributed by atoms with E-state index in [0.717, 1.165) is 34.9 Å². The number of nitrogens with zero attached hydrogens (tertiary/aromatic N) is 3. The van der Waals surface area contributed by atoms with Gasteiger partial charge in [0.2, 0.25) is 0 Å². The Bertz CT molecular complexity index is 1150. The van der Waals surface area contributed by atoms with Crippen LogP contribution < -0.4 is 0 Å². The van der Waals surface area contributed by atoms with Crippen LogP contribution in [0.25, 0.3) is 17.0 Å². The van der Waals surface area contributed by atoms with Crippen LogP contribution in [0.5, 0.6) is 0 Å². The third kappa shape index (κ3) is 4.03. The van der Waals surface area contributed by atoms with Crippen LogP contribution in [0.15, 0.2) is 54.2 Å². The maximum atomic E-state index is 12.7. The van der Waals surface area contributed by atoms with E-state index in [1.807, 2.05) is 42.6 Å². The normalized spacial score (nSPS) is 14.4. The molecule has 1 aliphatic rings. The van der Waals surface area contributed by atoms with Gasteiger partial charge in [0.25, 0.3) is 5.91 Å². The van der Waals surface area contributed by atoms with Gasteiger partial charge < -0.3 is 9.47 Å². The maximum Gasteiger partial charge on any atom is 0.264 e. The summed E-state index contributed by atoms with van der Waals surface area (Å²) in [5, 5.41) is 11.8. The Labute approximate surface area is 179 Å². The van der Waals surface area contributed by atoms with Crippen LogP contribution in [0.2, 0.25) is 10.0 Å². The van der Waals surface area contributed by atoms with Crippen LogP contribution in [0, 0.1) is 11.3 Å². The monoisotopic (exact) mass is 423 g/mol. The van der Waals surface area contributed by atoms with Crippen LogP contribution in [0.4, 0.5) is 0 Å². The lowest BCUT2D eigenvalue weighted by atomic mass is 10.1. The van der Waals surface area contributed by atoms with Gasteiger partial charge in [-0.05, 0) is 42.7 Å². The zero-order valence-corrected chi connectivity index (χ0v) is 17.2. The zero-order chi connectivity index (χ0) is 20.4. The second kappa shape index (κ2) is 8.32. The number of para-hydroxylation sites is 1. The number of nitriles is 1. The molecule has 1 saturated heterocycles. The molecule has 0 radical (unpaired) electrons. The highest BCUT2D eigenvalue weighted by molar-refractivity contribution is 6.35. The Morgan fingerprint density at radius 1 is 1.14 bits per heavy atom. The van der Waals surface area contributed by atoms with E-state index < -0.39 is 0 Å². The highest BCUT2D eigenvalue weighted by Gasteiger charge is 2.22. The first-order valence-electron chi connectivity index (χ1n) is 9.49. The Kier molecular flexibility index (Phi) is 5.62. The van der Waals surface area contributed by atoms with Crippen molar-refractivity contribution in [3.05, 3.63) is 75.4 Å². The highest BCUT2D eigenvalue weighted by Crippen LogP contribution is 2.27. The van der Waals surface area contributed by atoms with Crippen molar-refractivity contribution in [2.75, 3.05) is 13.1 Å². The minimum absolute atomic E-state index is 0.166. The van der Waals surface area contributed by atoms with Gasteiger partial charge in [0, 0.05) is 52.3 Å². The number of amides is 1. The Hall–Kier alpha value is -2.74. The predicted molar refractivity (Wildman–Crippen MR) is 117 cm³/mol. The Morgan fingerprint density at radius 3 is 2.62 bits per heavy atom. The fourth-order valence-electron chi connectivity index (χ4n) is 3.74. The van der Waals surface area contributed by atoms with Gasteiger partial charge in [0.1, 0.15) is 11.6 Å². The highest BCUT2D eigenvalue weighted by atomic mass is 35.5. The topological polar surface area (TPSA) is 49.0 Å². The van der Waals surface area contributed by atoms with Gasteiger partial charge >= 0.3 is 0 Å². The number of likely N-dealkylation sites (tertiary alicyclic amines) is 1. The van der Waals surface area contributed by atoms with Gasteiger partial charge in [0.15, 0.2) is 0 Å². The van der Waals surface area contributed by atoms with Crippen molar-refractivity contribution in [3.8, 4) is 6.07 Å². The third-order valence-corrected chi connectivity index (χ3v) is 5.81. The average molecular weight is 424 g/mol. The van der Waals surface area contributed by atoms with Crippen LogP contribution >= 0.6 is 23.2 Å². The number of aromatic nitrogens is 1. The predicted octanol–water partition coefficient (Wildman–Crippen LogP) is 5.53. The molecule has 3 aromatic rings. The molecule has 146 valence electrons. The van der Waals surface area contributed by atoms with E-state index in [1.54, 1.807) is 17.0 Å². The van der Waals surface area contributed by atoms with Crippen molar-refractivity contribution in [2.45, 2.75) is 19.4 Å². The summed E-state index contributed by atoms with van der Waals surface area (Å²) in [7, 11) is 0. The first kappa shape index (κ1) is 19.6. The lowest BCUT2D eigenvalue weighted by Crippen LogP contribution is -2.28. The summed E-state index contributed by atoms with van der Waals surface area (Å²) in [6, 6.07) is 15.5. The van der Waals surface area contributed by atoms with Crippen molar-refractivity contribution in [1.29, 1.82) is 5.26 Å². The largest absolute Gasteiger partial charge is 0.342 e. The molecule has 1 amide bonds. The lowest BCUT2D eigenvalue weighted by molar-refractivity contribution is -0.125. The maximum absolute atomic E-state index is 12.7. The van der Waals surface area contributed by atoms with Crippen molar-refractivity contribution in [3.63, 3.8) is 0 Å². The molecule has 2 heterocycles. The molecule has 0 bridgehead atoms. The second-order valence-electron chi connectivity index (χ2n) is 7.13. The molecule has 1 aliphatic heterocycles. The van der Waals surface area contributed by atoms with Gasteiger partial charge in [0.05, 0.1) is 0 Å². The summed E-state index contributed by atoms with van der Waals surface area (Å²) in [5.74, 6) is -0.192. The first-order chi connectivity index (χ1) is 14.1. The fourth-order valence-corrected chi connectivity index (χ4v) is 4.21. The summed E-state index contributed by atoms with van der Waals surface area (Å²) in [6.45, 7) is 2.00. The molecule has 2 aromatic carbocycles. The number of rotatable bonds is 4. The molecule has 29 heavy (non-hydrogen) atoms. The van der Waals surface area contributed by atoms with Crippen molar-refractivity contribution in [1.82, 2.24) is 9.47 Å². The zero-order valence-electron chi connectivity index (χ0n) is 15.7. The summed E-state index contributed by atoms with van der Waals surface area (Å²) in [5.41, 5.74) is 2.96. The van der Waals surface area contributed by atoms with Crippen LogP contribution in [0.3, 0.4) is 0 Å². The van der Waals surface area contributed by atoms with E-state index in [0.29, 0.717) is 29.7 Å². The van der Waals surface area contributed by atoms with Gasteiger partial charge in [-0.15, -0.1) is 0 Å². The van der Waals surface area contributed by atoms with Gasteiger partial charge in [-0.3, -0.25) is 4.79 Å². The lowest BCUT2D eigenvalue weighted by Gasteiger charge is -2.13.